The highest BCUT2D eigenvalue weighted by Crippen LogP contribution is 2.38. The summed E-state index contributed by atoms with van der Waals surface area (Å²) < 4.78 is 65.6. The van der Waals surface area contributed by atoms with Gasteiger partial charge in [0, 0.05) is 37.1 Å². The first-order valence-corrected chi connectivity index (χ1v) is 12.4. The highest BCUT2D eigenvalue weighted by molar-refractivity contribution is 7.89. The van der Waals surface area contributed by atoms with Gasteiger partial charge in [-0.05, 0) is 51.0 Å². The number of hydrogen-bond donors (Lipinski definition) is 1. The van der Waals surface area contributed by atoms with E-state index in [4.69, 9.17) is 9.47 Å². The minimum atomic E-state index is -4.20. The average molecular weight is 481 g/mol. The van der Waals surface area contributed by atoms with E-state index in [2.05, 4.69) is 5.32 Å². The Labute approximate surface area is 191 Å². The number of anilines is 1. The van der Waals surface area contributed by atoms with Crippen LogP contribution in [0.5, 0.6) is 11.5 Å². The number of carbonyl (C=O) groups is 1. The lowest BCUT2D eigenvalue weighted by molar-refractivity contribution is -0.120. The molecule has 2 aromatic carbocycles. The van der Waals surface area contributed by atoms with E-state index < -0.39 is 32.5 Å². The van der Waals surface area contributed by atoms with E-state index in [-0.39, 0.29) is 37.9 Å². The van der Waals surface area contributed by atoms with Gasteiger partial charge in [-0.3, -0.25) is 4.79 Å². The predicted octanol–water partition coefficient (Wildman–Crippen LogP) is 3.73. The number of amides is 1. The summed E-state index contributed by atoms with van der Waals surface area (Å²) in [6.45, 7) is 4.32. The largest absolute Gasteiger partial charge is 0.492 e. The fraction of sp³-hybridized carbons (Fsp3) is 0.435. The summed E-state index contributed by atoms with van der Waals surface area (Å²) in [5, 5.41) is 2.89. The highest BCUT2D eigenvalue weighted by atomic mass is 32.2. The Morgan fingerprint density at radius 1 is 1.21 bits per heavy atom. The second-order valence-electron chi connectivity index (χ2n) is 8.26. The second kappa shape index (κ2) is 9.26. The molecule has 1 fully saturated rings. The molecule has 2 heterocycles. The van der Waals surface area contributed by atoms with Gasteiger partial charge in [0.1, 0.15) is 34.1 Å². The van der Waals surface area contributed by atoms with Crippen LogP contribution in [0.3, 0.4) is 0 Å². The summed E-state index contributed by atoms with van der Waals surface area (Å²) in [5.41, 5.74) is 1.53. The molecule has 0 radical (unpaired) electrons. The molecule has 2 aliphatic rings. The van der Waals surface area contributed by atoms with E-state index in [0.717, 1.165) is 28.4 Å². The van der Waals surface area contributed by atoms with Crippen molar-refractivity contribution in [2.45, 2.75) is 44.1 Å². The standard InChI is InChI=1S/C23H26F2N2O5S/c1-3-31-21-11-16-10-14(2)32-20(16)13-19(21)26-23(28)15-6-8-27(9-7-15)33(29,30)22-12-17(24)4-5-18(22)25/h4-5,11-15H,3,6-10H2,1-2H3,(H,26,28)/t14-/m1/s1. The Morgan fingerprint density at radius 2 is 1.94 bits per heavy atom. The molecule has 1 amide bonds. The van der Waals surface area contributed by atoms with Crippen molar-refractivity contribution in [3.8, 4) is 11.5 Å². The maximum Gasteiger partial charge on any atom is 0.246 e. The van der Waals surface area contributed by atoms with E-state index in [9.17, 15) is 22.0 Å². The van der Waals surface area contributed by atoms with Gasteiger partial charge in [-0.15, -0.1) is 0 Å². The molecule has 7 nitrogen and oxygen atoms in total. The van der Waals surface area contributed by atoms with Gasteiger partial charge in [0.25, 0.3) is 0 Å². The molecular weight excluding hydrogens is 454 g/mol. The van der Waals surface area contributed by atoms with Crippen molar-refractivity contribution in [1.29, 1.82) is 0 Å². The van der Waals surface area contributed by atoms with Gasteiger partial charge >= 0.3 is 0 Å². The number of halogens is 2. The SMILES string of the molecule is CCOc1cc2c(cc1NC(=O)C1CCN(S(=O)(=O)c3cc(F)ccc3F)CC1)O[C@H](C)C2. The van der Waals surface area contributed by atoms with Crippen molar-refractivity contribution >= 4 is 21.6 Å². The summed E-state index contributed by atoms with van der Waals surface area (Å²) in [5.74, 6) is -1.26. The lowest BCUT2D eigenvalue weighted by atomic mass is 9.97. The number of piperidine rings is 1. The van der Waals surface area contributed by atoms with Crippen molar-refractivity contribution in [2.24, 2.45) is 5.92 Å². The minimum absolute atomic E-state index is 0.0273. The zero-order valence-electron chi connectivity index (χ0n) is 18.4. The van der Waals surface area contributed by atoms with Crippen LogP contribution >= 0.6 is 0 Å². The third kappa shape index (κ3) is 4.81. The zero-order valence-corrected chi connectivity index (χ0v) is 19.3. The van der Waals surface area contributed by atoms with Gasteiger partial charge in [-0.1, -0.05) is 0 Å². The van der Waals surface area contributed by atoms with Crippen molar-refractivity contribution in [1.82, 2.24) is 4.31 Å². The Morgan fingerprint density at radius 3 is 2.64 bits per heavy atom. The lowest BCUT2D eigenvalue weighted by Gasteiger charge is -2.30. The first-order chi connectivity index (χ1) is 15.7. The first kappa shape index (κ1) is 23.4. The Balaban J connectivity index is 1.44. The number of nitrogens with zero attached hydrogens (tertiary/aromatic N) is 1. The molecule has 0 saturated carbocycles. The van der Waals surface area contributed by atoms with Crippen LogP contribution in [0, 0.1) is 17.6 Å². The highest BCUT2D eigenvalue weighted by Gasteiger charge is 2.34. The first-order valence-electron chi connectivity index (χ1n) is 10.9. The van der Waals surface area contributed by atoms with Crippen molar-refractivity contribution < 1.29 is 31.5 Å². The number of nitrogens with one attached hydrogen (secondary N) is 1. The molecule has 0 aromatic heterocycles. The summed E-state index contributed by atoms with van der Waals surface area (Å²) >= 11 is 0. The van der Waals surface area contributed by atoms with Gasteiger partial charge in [-0.2, -0.15) is 4.31 Å². The van der Waals surface area contributed by atoms with Gasteiger partial charge in [0.05, 0.1) is 12.3 Å². The minimum Gasteiger partial charge on any atom is -0.492 e. The van der Waals surface area contributed by atoms with Gasteiger partial charge < -0.3 is 14.8 Å². The molecule has 1 N–H and O–H groups in total. The monoisotopic (exact) mass is 480 g/mol. The summed E-state index contributed by atoms with van der Waals surface area (Å²) in [6.07, 6.45) is 1.33. The molecule has 0 bridgehead atoms. The molecule has 0 spiro atoms. The van der Waals surface area contributed by atoms with Crippen LogP contribution in [-0.2, 0) is 21.2 Å². The molecule has 10 heteroatoms. The van der Waals surface area contributed by atoms with Gasteiger partial charge in [0.2, 0.25) is 15.9 Å². The normalized spacial score (nSPS) is 19.1. The molecule has 2 aliphatic heterocycles. The number of ether oxygens (including phenoxy) is 2. The maximum atomic E-state index is 14.0. The third-order valence-corrected chi connectivity index (χ3v) is 7.81. The zero-order chi connectivity index (χ0) is 23.8. The van der Waals surface area contributed by atoms with Crippen LogP contribution in [0.1, 0.15) is 32.3 Å². The number of carbonyl (C=O) groups excluding carboxylic acids is 1. The van der Waals surface area contributed by atoms with Crippen LogP contribution in [0.2, 0.25) is 0 Å². The van der Waals surface area contributed by atoms with Crippen molar-refractivity contribution in [3.63, 3.8) is 0 Å². The van der Waals surface area contributed by atoms with Gasteiger partial charge in [-0.25, -0.2) is 17.2 Å². The Kier molecular flexibility index (Phi) is 6.58. The lowest BCUT2D eigenvalue weighted by Crippen LogP contribution is -2.41. The van der Waals surface area contributed by atoms with Crippen molar-refractivity contribution in [3.05, 3.63) is 47.5 Å². The van der Waals surface area contributed by atoms with Crippen LogP contribution in [0.4, 0.5) is 14.5 Å². The maximum absolute atomic E-state index is 14.0. The fourth-order valence-electron chi connectivity index (χ4n) is 4.22. The van der Waals surface area contributed by atoms with E-state index in [1.165, 1.54) is 0 Å². The van der Waals surface area contributed by atoms with E-state index in [1.807, 2.05) is 19.9 Å². The van der Waals surface area contributed by atoms with E-state index in [0.29, 0.717) is 29.9 Å². The van der Waals surface area contributed by atoms with Crippen LogP contribution < -0.4 is 14.8 Å². The molecule has 0 aliphatic carbocycles. The Bertz CT molecular complexity index is 1160. The molecular formula is C23H26F2N2O5S. The molecule has 1 saturated heterocycles. The second-order valence-corrected chi connectivity index (χ2v) is 10.2. The molecule has 1 atom stereocenters. The number of sulfonamides is 1. The molecule has 33 heavy (non-hydrogen) atoms. The third-order valence-electron chi connectivity index (χ3n) is 5.89. The smallest absolute Gasteiger partial charge is 0.246 e. The van der Waals surface area contributed by atoms with E-state index in [1.54, 1.807) is 6.07 Å². The molecule has 2 aromatic rings. The number of hydrogen-bond acceptors (Lipinski definition) is 5. The molecule has 0 unspecified atom stereocenters. The van der Waals surface area contributed by atoms with Crippen LogP contribution in [-0.4, -0.2) is 44.4 Å². The quantitative estimate of drug-likeness (QED) is 0.681. The van der Waals surface area contributed by atoms with Crippen LogP contribution in [0.15, 0.2) is 35.2 Å². The summed E-state index contributed by atoms with van der Waals surface area (Å²) in [7, 11) is -4.20. The van der Waals surface area contributed by atoms with Crippen LogP contribution in [0.25, 0.3) is 0 Å². The number of benzene rings is 2. The molecule has 178 valence electrons. The summed E-state index contributed by atoms with van der Waals surface area (Å²) in [4.78, 5) is 12.2. The number of fused-ring (bicyclic) bond motifs is 1. The molecule has 4 rings (SSSR count). The summed E-state index contributed by atoms with van der Waals surface area (Å²) in [6, 6.07) is 5.97. The average Bonchev–Trinajstić information content (AvgIpc) is 3.14. The Hall–Kier alpha value is -2.72. The topological polar surface area (TPSA) is 84.9 Å². The van der Waals surface area contributed by atoms with Gasteiger partial charge in [0.15, 0.2) is 0 Å². The van der Waals surface area contributed by atoms with Crippen molar-refractivity contribution in [2.75, 3.05) is 25.0 Å². The predicted molar refractivity (Wildman–Crippen MR) is 118 cm³/mol. The van der Waals surface area contributed by atoms with E-state index >= 15 is 0 Å². The fourth-order valence-corrected chi connectivity index (χ4v) is 5.76. The number of rotatable bonds is 6.